The third-order valence-corrected chi connectivity index (χ3v) is 3.26. The fraction of sp³-hybridized carbons (Fsp3) is 0.308. The summed E-state index contributed by atoms with van der Waals surface area (Å²) in [7, 11) is 0. The van der Waals surface area contributed by atoms with Gasteiger partial charge in [-0.2, -0.15) is 0 Å². The van der Waals surface area contributed by atoms with Gasteiger partial charge in [-0.15, -0.1) is 0 Å². The van der Waals surface area contributed by atoms with Gasteiger partial charge in [0.05, 0.1) is 17.0 Å². The van der Waals surface area contributed by atoms with Crippen molar-refractivity contribution in [3.63, 3.8) is 0 Å². The van der Waals surface area contributed by atoms with Gasteiger partial charge in [-0.05, 0) is 18.6 Å². The molecule has 1 atom stereocenters. The summed E-state index contributed by atoms with van der Waals surface area (Å²) in [6, 6.07) is 1.32. The Balaban J connectivity index is 2.35. The lowest BCUT2D eigenvalue weighted by Gasteiger charge is -2.18. The average Bonchev–Trinajstić information content (AvgIpc) is 2.60. The largest absolute Gasteiger partial charge is 0.481 e. The number of nitrogens with zero attached hydrogens (tertiary/aromatic N) is 1. The van der Waals surface area contributed by atoms with E-state index in [1.807, 2.05) is 0 Å². The first-order valence-corrected chi connectivity index (χ1v) is 5.94. The predicted molar refractivity (Wildman–Crippen MR) is 63.1 cm³/mol. The van der Waals surface area contributed by atoms with E-state index in [-0.39, 0.29) is 24.1 Å². The van der Waals surface area contributed by atoms with Crippen LogP contribution in [0.25, 0.3) is 0 Å². The molecule has 2 rings (SSSR count). The maximum Gasteiger partial charge on any atom is 0.308 e. The lowest BCUT2D eigenvalue weighted by atomic mass is 10.1. The molecule has 106 valence electrons. The van der Waals surface area contributed by atoms with Crippen molar-refractivity contribution in [1.29, 1.82) is 0 Å². The van der Waals surface area contributed by atoms with Crippen molar-refractivity contribution >= 4 is 17.8 Å². The minimum Gasteiger partial charge on any atom is -0.481 e. The van der Waals surface area contributed by atoms with Crippen LogP contribution in [-0.2, 0) is 4.79 Å². The number of aliphatic carboxylic acids is 1. The topological polar surface area (TPSA) is 74.7 Å². The number of carbonyl (C=O) groups excluding carboxylic acids is 2. The summed E-state index contributed by atoms with van der Waals surface area (Å²) in [5, 5.41) is 8.94. The Morgan fingerprint density at radius 2 is 1.65 bits per heavy atom. The van der Waals surface area contributed by atoms with Gasteiger partial charge in [-0.3, -0.25) is 19.3 Å². The van der Waals surface area contributed by atoms with E-state index in [9.17, 15) is 23.2 Å². The average molecular weight is 283 g/mol. The minimum atomic E-state index is -1.22. The molecule has 1 unspecified atom stereocenters. The zero-order valence-electron chi connectivity index (χ0n) is 10.5. The van der Waals surface area contributed by atoms with Gasteiger partial charge in [0.1, 0.15) is 0 Å². The van der Waals surface area contributed by atoms with Gasteiger partial charge in [0, 0.05) is 6.54 Å². The van der Waals surface area contributed by atoms with Crippen molar-refractivity contribution in [2.45, 2.75) is 13.3 Å². The summed E-state index contributed by atoms with van der Waals surface area (Å²) >= 11 is 0. The first-order chi connectivity index (χ1) is 9.36. The number of hydrogen-bond acceptors (Lipinski definition) is 3. The van der Waals surface area contributed by atoms with E-state index in [1.54, 1.807) is 6.92 Å². The van der Waals surface area contributed by atoms with E-state index in [1.165, 1.54) is 0 Å². The third-order valence-electron chi connectivity index (χ3n) is 3.26. The Morgan fingerprint density at radius 1 is 1.20 bits per heavy atom. The molecule has 0 bridgehead atoms. The number of fused-ring (bicyclic) bond motifs is 1. The molecule has 0 spiro atoms. The number of carbonyl (C=O) groups is 3. The van der Waals surface area contributed by atoms with Crippen LogP contribution in [0.4, 0.5) is 8.78 Å². The van der Waals surface area contributed by atoms with Gasteiger partial charge in [0.2, 0.25) is 0 Å². The van der Waals surface area contributed by atoms with E-state index < -0.39 is 35.3 Å². The highest BCUT2D eigenvalue weighted by molar-refractivity contribution is 6.21. The monoisotopic (exact) mass is 283 g/mol. The normalized spacial score (nSPS) is 15.4. The van der Waals surface area contributed by atoms with E-state index in [0.29, 0.717) is 17.0 Å². The van der Waals surface area contributed by atoms with Crippen LogP contribution >= 0.6 is 0 Å². The maximum atomic E-state index is 13.1. The Morgan fingerprint density at radius 3 is 2.00 bits per heavy atom. The number of imide groups is 1. The standard InChI is InChI=1S/C13H11F2NO4/c1-2-6(13(19)20)5-16-11(17)7-3-9(14)10(15)4-8(7)12(16)18/h3-4,6H,2,5H2,1H3,(H,19,20). The Labute approximate surface area is 112 Å². The second-order valence-electron chi connectivity index (χ2n) is 4.48. The van der Waals surface area contributed by atoms with Crippen LogP contribution in [0, 0.1) is 17.6 Å². The van der Waals surface area contributed by atoms with Gasteiger partial charge in [-0.1, -0.05) is 6.92 Å². The van der Waals surface area contributed by atoms with Gasteiger partial charge in [0.15, 0.2) is 11.6 Å². The first kappa shape index (κ1) is 14.1. The maximum absolute atomic E-state index is 13.1. The van der Waals surface area contributed by atoms with E-state index in [4.69, 9.17) is 5.11 Å². The molecule has 0 radical (unpaired) electrons. The lowest BCUT2D eigenvalue weighted by molar-refractivity contribution is -0.142. The van der Waals surface area contributed by atoms with Crippen molar-refractivity contribution in [3.8, 4) is 0 Å². The Kier molecular flexibility index (Phi) is 3.52. The van der Waals surface area contributed by atoms with E-state index >= 15 is 0 Å². The molecule has 0 saturated carbocycles. The fourth-order valence-electron chi connectivity index (χ4n) is 2.05. The lowest BCUT2D eigenvalue weighted by Crippen LogP contribution is -2.37. The summed E-state index contributed by atoms with van der Waals surface area (Å²) in [6.45, 7) is 1.29. The molecule has 5 nitrogen and oxygen atoms in total. The third kappa shape index (κ3) is 2.15. The Hall–Kier alpha value is -2.31. The summed E-state index contributed by atoms with van der Waals surface area (Å²) in [5.74, 6) is -6.10. The molecule has 20 heavy (non-hydrogen) atoms. The molecule has 1 N–H and O–H groups in total. The van der Waals surface area contributed by atoms with Crippen LogP contribution in [0.5, 0.6) is 0 Å². The molecule has 1 heterocycles. The number of benzene rings is 1. The number of hydrogen-bond donors (Lipinski definition) is 1. The molecule has 0 fully saturated rings. The molecule has 0 saturated heterocycles. The number of halogens is 2. The van der Waals surface area contributed by atoms with E-state index in [2.05, 4.69) is 0 Å². The fourth-order valence-corrected chi connectivity index (χ4v) is 2.05. The number of amides is 2. The minimum absolute atomic E-state index is 0.228. The second-order valence-corrected chi connectivity index (χ2v) is 4.48. The van der Waals surface area contributed by atoms with Gasteiger partial charge in [-0.25, -0.2) is 8.78 Å². The molecule has 2 amide bonds. The van der Waals surface area contributed by atoms with Crippen molar-refractivity contribution in [1.82, 2.24) is 4.90 Å². The van der Waals surface area contributed by atoms with Crippen LogP contribution in [0.2, 0.25) is 0 Å². The highest BCUT2D eigenvalue weighted by atomic mass is 19.2. The summed E-state index contributed by atoms with van der Waals surface area (Å²) in [4.78, 5) is 35.6. The van der Waals surface area contributed by atoms with Crippen molar-refractivity contribution in [2.24, 2.45) is 5.92 Å². The molecule has 1 aromatic carbocycles. The molecule has 1 aliphatic heterocycles. The smallest absolute Gasteiger partial charge is 0.308 e. The zero-order valence-corrected chi connectivity index (χ0v) is 10.5. The summed E-state index contributed by atoms with van der Waals surface area (Å²) in [5.41, 5.74) is -0.483. The number of carboxylic acids is 1. The van der Waals surface area contributed by atoms with Crippen molar-refractivity contribution in [3.05, 3.63) is 34.9 Å². The van der Waals surface area contributed by atoms with Crippen LogP contribution in [0.15, 0.2) is 12.1 Å². The molecule has 1 aromatic rings. The van der Waals surface area contributed by atoms with Crippen molar-refractivity contribution < 1.29 is 28.3 Å². The molecular formula is C13H11F2NO4. The molecule has 7 heteroatoms. The van der Waals surface area contributed by atoms with Crippen LogP contribution in [0.1, 0.15) is 34.1 Å². The molecule has 1 aliphatic rings. The van der Waals surface area contributed by atoms with Gasteiger partial charge >= 0.3 is 5.97 Å². The molecular weight excluding hydrogens is 272 g/mol. The molecule has 0 aliphatic carbocycles. The second kappa shape index (κ2) is 4.99. The zero-order chi connectivity index (χ0) is 15.0. The highest BCUT2D eigenvalue weighted by Crippen LogP contribution is 2.26. The van der Waals surface area contributed by atoms with Crippen LogP contribution in [0.3, 0.4) is 0 Å². The van der Waals surface area contributed by atoms with Crippen LogP contribution in [-0.4, -0.2) is 34.3 Å². The first-order valence-electron chi connectivity index (χ1n) is 5.94. The number of rotatable bonds is 4. The quantitative estimate of drug-likeness (QED) is 0.853. The Bertz CT molecular complexity index is 574. The summed E-state index contributed by atoms with van der Waals surface area (Å²) in [6.07, 6.45) is 0.228. The van der Waals surface area contributed by atoms with Crippen molar-refractivity contribution in [2.75, 3.05) is 6.54 Å². The highest BCUT2D eigenvalue weighted by Gasteiger charge is 2.38. The summed E-state index contributed by atoms with van der Waals surface area (Å²) < 4.78 is 26.2. The molecule has 0 aromatic heterocycles. The van der Waals surface area contributed by atoms with Crippen LogP contribution < -0.4 is 0 Å². The predicted octanol–water partition coefficient (Wildman–Crippen LogP) is 1.67. The SMILES string of the molecule is CCC(CN1C(=O)c2cc(F)c(F)cc2C1=O)C(=O)O. The van der Waals surface area contributed by atoms with Gasteiger partial charge < -0.3 is 5.11 Å². The van der Waals surface area contributed by atoms with E-state index in [0.717, 1.165) is 0 Å². The van der Waals surface area contributed by atoms with Gasteiger partial charge in [0.25, 0.3) is 11.8 Å². The number of carboxylic acid groups (broad SMARTS) is 1.